The van der Waals surface area contributed by atoms with Gasteiger partial charge in [0.15, 0.2) is 0 Å². The Morgan fingerprint density at radius 3 is 1.46 bits per heavy atom. The van der Waals surface area contributed by atoms with Crippen molar-refractivity contribution >= 4 is 11.6 Å². The topological polar surface area (TPSA) is 27.7 Å². The van der Waals surface area contributed by atoms with E-state index in [-0.39, 0.29) is 5.38 Å². The second-order valence-electron chi connectivity index (χ2n) is 2.52. The lowest BCUT2D eigenvalue weighted by Crippen LogP contribution is -2.46. The number of ether oxygens (including phenoxy) is 3. The van der Waals surface area contributed by atoms with Gasteiger partial charge in [0.1, 0.15) is 5.38 Å². The molecule has 0 aromatic heterocycles. The maximum atomic E-state index is 5.96. The molecule has 0 aliphatic carbocycles. The molecule has 0 fully saturated rings. The Morgan fingerprint density at radius 1 is 1.00 bits per heavy atom. The van der Waals surface area contributed by atoms with Crippen LogP contribution in [0.25, 0.3) is 0 Å². The highest BCUT2D eigenvalue weighted by Gasteiger charge is 2.38. The monoisotopic (exact) mass is 210 g/mol. The fourth-order valence-electron chi connectivity index (χ4n) is 1.07. The van der Waals surface area contributed by atoms with Gasteiger partial charge in [0.05, 0.1) is 0 Å². The van der Waals surface area contributed by atoms with Crippen LogP contribution >= 0.6 is 11.6 Å². The van der Waals surface area contributed by atoms with Crippen molar-refractivity contribution < 1.29 is 14.2 Å². The van der Waals surface area contributed by atoms with Crippen molar-refractivity contribution in [3.05, 3.63) is 0 Å². The molecule has 0 amide bonds. The van der Waals surface area contributed by atoms with E-state index in [0.29, 0.717) is 19.8 Å². The highest BCUT2D eigenvalue weighted by atomic mass is 35.5. The number of alkyl halides is 1. The summed E-state index contributed by atoms with van der Waals surface area (Å²) in [5.74, 6) is -1.08. The Bertz CT molecular complexity index is 111. The minimum atomic E-state index is -1.08. The third kappa shape index (κ3) is 3.81. The predicted octanol–water partition coefficient (Wildman–Crippen LogP) is 2.38. The van der Waals surface area contributed by atoms with E-state index >= 15 is 0 Å². The van der Waals surface area contributed by atoms with Gasteiger partial charge < -0.3 is 14.2 Å². The number of rotatable bonds is 7. The molecule has 0 bridgehead atoms. The van der Waals surface area contributed by atoms with Gasteiger partial charge in [0, 0.05) is 19.8 Å². The van der Waals surface area contributed by atoms with E-state index < -0.39 is 5.97 Å². The Morgan fingerprint density at radius 2 is 1.31 bits per heavy atom. The zero-order chi connectivity index (χ0) is 10.3. The molecule has 0 saturated carbocycles. The molecule has 0 radical (unpaired) electrons. The minimum Gasteiger partial charge on any atom is -0.327 e. The van der Waals surface area contributed by atoms with Gasteiger partial charge in [0.2, 0.25) is 0 Å². The fourth-order valence-corrected chi connectivity index (χ4v) is 1.26. The highest BCUT2D eigenvalue weighted by Crippen LogP contribution is 2.24. The summed E-state index contributed by atoms with van der Waals surface area (Å²) in [5, 5.41) is -0.340. The van der Waals surface area contributed by atoms with Crippen LogP contribution in [0.1, 0.15) is 27.7 Å². The lowest BCUT2D eigenvalue weighted by atomic mass is 10.4. The average Bonchev–Trinajstić information content (AvgIpc) is 2.05. The first-order chi connectivity index (χ1) is 6.13. The van der Waals surface area contributed by atoms with Crippen molar-refractivity contribution in [2.75, 3.05) is 19.8 Å². The first-order valence-corrected chi connectivity index (χ1v) is 5.12. The summed E-state index contributed by atoms with van der Waals surface area (Å²) in [4.78, 5) is 0. The molecule has 0 spiro atoms. The molecular weight excluding hydrogens is 192 g/mol. The lowest BCUT2D eigenvalue weighted by Gasteiger charge is -2.34. The lowest BCUT2D eigenvalue weighted by molar-refractivity contribution is -0.375. The van der Waals surface area contributed by atoms with Gasteiger partial charge in [-0.3, -0.25) is 0 Å². The van der Waals surface area contributed by atoms with Crippen LogP contribution in [0.4, 0.5) is 0 Å². The first-order valence-electron chi connectivity index (χ1n) is 4.68. The summed E-state index contributed by atoms with van der Waals surface area (Å²) in [6, 6.07) is 0. The van der Waals surface area contributed by atoms with Gasteiger partial charge >= 0.3 is 0 Å². The SMILES string of the molecule is CCOC(OCC)(OCC)C(C)Cl. The quantitative estimate of drug-likeness (QED) is 0.477. The standard InChI is InChI=1S/C9H19ClO3/c1-5-11-9(8(4)10,12-6-2)13-7-3/h8H,5-7H2,1-4H3. The van der Waals surface area contributed by atoms with Crippen molar-refractivity contribution in [3.63, 3.8) is 0 Å². The molecule has 4 heteroatoms. The molecule has 0 saturated heterocycles. The van der Waals surface area contributed by atoms with E-state index in [1.807, 2.05) is 20.8 Å². The summed E-state index contributed by atoms with van der Waals surface area (Å²) < 4.78 is 16.2. The van der Waals surface area contributed by atoms with Crippen LogP contribution in [0.2, 0.25) is 0 Å². The van der Waals surface area contributed by atoms with E-state index in [1.165, 1.54) is 0 Å². The average molecular weight is 211 g/mol. The smallest absolute Gasteiger partial charge is 0.299 e. The molecule has 0 aliphatic heterocycles. The van der Waals surface area contributed by atoms with Crippen molar-refractivity contribution in [3.8, 4) is 0 Å². The Balaban J connectivity index is 4.38. The minimum absolute atomic E-state index is 0.340. The van der Waals surface area contributed by atoms with Crippen LogP contribution in [0, 0.1) is 0 Å². The van der Waals surface area contributed by atoms with Crippen LogP contribution < -0.4 is 0 Å². The number of hydrogen-bond acceptors (Lipinski definition) is 3. The van der Waals surface area contributed by atoms with Crippen molar-refractivity contribution in [2.24, 2.45) is 0 Å². The van der Waals surface area contributed by atoms with E-state index in [0.717, 1.165) is 0 Å². The Labute approximate surface area is 85.3 Å². The van der Waals surface area contributed by atoms with Crippen LogP contribution in [0.5, 0.6) is 0 Å². The normalized spacial score (nSPS) is 14.5. The molecule has 80 valence electrons. The van der Waals surface area contributed by atoms with Gasteiger partial charge in [-0.25, -0.2) is 0 Å². The summed E-state index contributed by atoms with van der Waals surface area (Å²) in [5.41, 5.74) is 0. The maximum absolute atomic E-state index is 5.96. The van der Waals surface area contributed by atoms with Gasteiger partial charge in [-0.2, -0.15) is 0 Å². The second-order valence-corrected chi connectivity index (χ2v) is 3.17. The number of hydrogen-bond donors (Lipinski definition) is 0. The molecule has 0 aromatic carbocycles. The molecular formula is C9H19ClO3. The van der Waals surface area contributed by atoms with Crippen LogP contribution in [0.3, 0.4) is 0 Å². The van der Waals surface area contributed by atoms with Gasteiger partial charge in [-0.15, -0.1) is 11.6 Å². The highest BCUT2D eigenvalue weighted by molar-refractivity contribution is 6.20. The molecule has 0 aromatic rings. The van der Waals surface area contributed by atoms with Crippen LogP contribution in [0.15, 0.2) is 0 Å². The van der Waals surface area contributed by atoms with Crippen LogP contribution in [-0.4, -0.2) is 31.2 Å². The molecule has 1 atom stereocenters. The van der Waals surface area contributed by atoms with E-state index in [9.17, 15) is 0 Å². The zero-order valence-electron chi connectivity index (χ0n) is 8.80. The van der Waals surface area contributed by atoms with E-state index in [2.05, 4.69) is 0 Å². The third-order valence-corrected chi connectivity index (χ3v) is 1.79. The maximum Gasteiger partial charge on any atom is 0.299 e. The third-order valence-electron chi connectivity index (χ3n) is 1.52. The summed E-state index contributed by atoms with van der Waals surface area (Å²) in [6.07, 6.45) is 0. The van der Waals surface area contributed by atoms with Crippen molar-refractivity contribution in [2.45, 2.75) is 39.0 Å². The largest absolute Gasteiger partial charge is 0.327 e. The van der Waals surface area contributed by atoms with Crippen molar-refractivity contribution in [1.82, 2.24) is 0 Å². The summed E-state index contributed by atoms with van der Waals surface area (Å²) in [7, 11) is 0. The fraction of sp³-hybridized carbons (Fsp3) is 1.00. The van der Waals surface area contributed by atoms with Gasteiger partial charge in [-0.1, -0.05) is 0 Å². The van der Waals surface area contributed by atoms with Crippen LogP contribution in [-0.2, 0) is 14.2 Å². The predicted molar refractivity (Wildman–Crippen MR) is 52.9 cm³/mol. The molecule has 3 nitrogen and oxygen atoms in total. The first kappa shape index (κ1) is 13.2. The molecule has 0 N–H and O–H groups in total. The van der Waals surface area contributed by atoms with E-state index in [4.69, 9.17) is 25.8 Å². The second kappa shape index (κ2) is 6.60. The molecule has 13 heavy (non-hydrogen) atoms. The van der Waals surface area contributed by atoms with Gasteiger partial charge in [0.25, 0.3) is 5.97 Å². The molecule has 0 aliphatic rings. The van der Waals surface area contributed by atoms with E-state index in [1.54, 1.807) is 6.92 Å². The Hall–Kier alpha value is 0.170. The number of halogens is 1. The van der Waals surface area contributed by atoms with Gasteiger partial charge in [-0.05, 0) is 27.7 Å². The van der Waals surface area contributed by atoms with Crippen molar-refractivity contribution in [1.29, 1.82) is 0 Å². The summed E-state index contributed by atoms with van der Waals surface area (Å²) >= 11 is 5.96. The molecule has 0 rings (SSSR count). The molecule has 1 unspecified atom stereocenters. The molecule has 0 heterocycles. The zero-order valence-corrected chi connectivity index (χ0v) is 9.56. The summed E-state index contributed by atoms with van der Waals surface area (Å²) in [6.45, 7) is 8.97. The Kier molecular flexibility index (Phi) is 6.68.